The summed E-state index contributed by atoms with van der Waals surface area (Å²) < 4.78 is 13.6. The standard InChI is InChI=1S/C28H31ClN4O3/c1-4-32(5-2)10-11-33-16-24(27(34)20-12-19-13-21(29)7-9-26(19)36-17-20)22-8-6-18(14-25(22)33)23-15-30-31-28(23)35-3/h6-9,13-16,20H,4-5,10-12,17H2,1-3H3,(H,30,31)/t20-/m0/s1. The molecule has 0 bridgehead atoms. The molecular weight excluding hydrogens is 476 g/mol. The second-order valence-electron chi connectivity index (χ2n) is 9.14. The summed E-state index contributed by atoms with van der Waals surface area (Å²) in [6, 6.07) is 11.8. The molecule has 1 atom stereocenters. The zero-order valence-electron chi connectivity index (χ0n) is 20.9. The number of carbonyl (C=O) groups excluding carboxylic acids is 1. The first kappa shape index (κ1) is 24.4. The van der Waals surface area contributed by atoms with E-state index in [-0.39, 0.29) is 11.7 Å². The maximum absolute atomic E-state index is 13.8. The molecule has 1 N–H and O–H groups in total. The van der Waals surface area contributed by atoms with Gasteiger partial charge in [-0.05, 0) is 54.9 Å². The highest BCUT2D eigenvalue weighted by Gasteiger charge is 2.29. The second kappa shape index (κ2) is 10.4. The van der Waals surface area contributed by atoms with Crippen LogP contribution in [-0.2, 0) is 13.0 Å². The third kappa shape index (κ3) is 4.61. The first-order valence-corrected chi connectivity index (χ1v) is 12.8. The molecule has 0 spiro atoms. The summed E-state index contributed by atoms with van der Waals surface area (Å²) in [4.78, 5) is 16.2. The second-order valence-corrected chi connectivity index (χ2v) is 9.58. The lowest BCUT2D eigenvalue weighted by atomic mass is 9.89. The number of ether oxygens (including phenoxy) is 2. The number of hydrogen-bond donors (Lipinski definition) is 1. The lowest BCUT2D eigenvalue weighted by Crippen LogP contribution is -2.28. The van der Waals surface area contributed by atoms with Gasteiger partial charge in [-0.15, -0.1) is 0 Å². The van der Waals surface area contributed by atoms with Crippen molar-refractivity contribution in [3.05, 3.63) is 64.9 Å². The Labute approximate surface area is 216 Å². The molecule has 0 fully saturated rings. The molecule has 0 aliphatic carbocycles. The van der Waals surface area contributed by atoms with Gasteiger partial charge in [-0.25, -0.2) is 5.10 Å². The van der Waals surface area contributed by atoms with E-state index in [0.29, 0.717) is 23.9 Å². The average Bonchev–Trinajstić information content (AvgIpc) is 3.53. The van der Waals surface area contributed by atoms with Gasteiger partial charge in [0.05, 0.1) is 31.4 Å². The van der Waals surface area contributed by atoms with Crippen LogP contribution in [0.3, 0.4) is 0 Å². The van der Waals surface area contributed by atoms with Crippen LogP contribution in [0.1, 0.15) is 29.8 Å². The lowest BCUT2D eigenvalue weighted by Gasteiger charge is -2.24. The third-order valence-electron chi connectivity index (χ3n) is 7.12. The van der Waals surface area contributed by atoms with Gasteiger partial charge in [-0.2, -0.15) is 5.10 Å². The average molecular weight is 507 g/mol. The van der Waals surface area contributed by atoms with Crippen LogP contribution in [0.4, 0.5) is 0 Å². The quantitative estimate of drug-likeness (QED) is 0.305. The summed E-state index contributed by atoms with van der Waals surface area (Å²) >= 11 is 6.20. The molecule has 0 amide bonds. The number of likely N-dealkylation sites (N-methyl/N-ethyl adjacent to an activating group) is 1. The molecule has 8 heteroatoms. The SMILES string of the molecule is CCN(CC)CCn1cc(C(=O)[C@@H]2COc3ccc(Cl)cc3C2)c2ccc(-c3cn[nH]c3OC)cc21. The van der Waals surface area contributed by atoms with Gasteiger partial charge < -0.3 is 18.9 Å². The predicted molar refractivity (Wildman–Crippen MR) is 142 cm³/mol. The molecule has 1 aliphatic heterocycles. The van der Waals surface area contributed by atoms with Gasteiger partial charge in [0.25, 0.3) is 0 Å². The van der Waals surface area contributed by atoms with Crippen LogP contribution in [0.15, 0.2) is 48.8 Å². The monoisotopic (exact) mass is 506 g/mol. The number of nitrogens with one attached hydrogen (secondary N) is 1. The summed E-state index contributed by atoms with van der Waals surface area (Å²) in [5, 5.41) is 8.62. The van der Waals surface area contributed by atoms with Crippen LogP contribution >= 0.6 is 11.6 Å². The van der Waals surface area contributed by atoms with Crippen LogP contribution in [0.25, 0.3) is 22.0 Å². The molecule has 4 aromatic rings. The van der Waals surface area contributed by atoms with Gasteiger partial charge in [0.2, 0.25) is 5.88 Å². The first-order chi connectivity index (χ1) is 17.5. The molecule has 0 saturated carbocycles. The molecule has 3 heterocycles. The van der Waals surface area contributed by atoms with Crippen molar-refractivity contribution >= 4 is 28.3 Å². The zero-order chi connectivity index (χ0) is 25.2. The van der Waals surface area contributed by atoms with Crippen LogP contribution in [0, 0.1) is 5.92 Å². The third-order valence-corrected chi connectivity index (χ3v) is 7.35. The normalized spacial score (nSPS) is 15.2. The molecular formula is C28H31ClN4O3. The maximum atomic E-state index is 13.8. The van der Waals surface area contributed by atoms with E-state index < -0.39 is 0 Å². The summed E-state index contributed by atoms with van der Waals surface area (Å²) in [6.45, 7) is 8.37. The Morgan fingerprint density at radius 1 is 1.25 bits per heavy atom. The molecule has 2 aromatic carbocycles. The molecule has 0 saturated heterocycles. The fraction of sp³-hybridized carbons (Fsp3) is 0.357. The van der Waals surface area contributed by atoms with Crippen LogP contribution < -0.4 is 9.47 Å². The Hall–Kier alpha value is -3.29. The van der Waals surface area contributed by atoms with Crippen molar-refractivity contribution in [3.63, 3.8) is 0 Å². The number of nitrogens with zero attached hydrogens (tertiary/aromatic N) is 3. The number of H-pyrrole nitrogens is 1. The van der Waals surface area contributed by atoms with Crippen molar-refractivity contribution in [1.82, 2.24) is 19.7 Å². The summed E-state index contributed by atoms with van der Waals surface area (Å²) in [5.74, 6) is 1.26. The van der Waals surface area contributed by atoms with E-state index in [1.54, 1.807) is 13.3 Å². The van der Waals surface area contributed by atoms with Crippen molar-refractivity contribution in [2.45, 2.75) is 26.8 Å². The number of Topliss-reactive ketones (excluding diaryl/α,β-unsaturated/α-hetero) is 1. The number of aromatic amines is 1. The van der Waals surface area contributed by atoms with Gasteiger partial charge in [0.15, 0.2) is 5.78 Å². The minimum absolute atomic E-state index is 0.0980. The molecule has 5 rings (SSSR count). The van der Waals surface area contributed by atoms with E-state index in [9.17, 15) is 4.79 Å². The van der Waals surface area contributed by atoms with Crippen molar-refractivity contribution in [2.24, 2.45) is 5.92 Å². The van der Waals surface area contributed by atoms with E-state index in [1.807, 2.05) is 36.5 Å². The molecule has 0 radical (unpaired) electrons. The topological polar surface area (TPSA) is 72.4 Å². The Bertz CT molecular complexity index is 1390. The first-order valence-electron chi connectivity index (χ1n) is 12.4. The lowest BCUT2D eigenvalue weighted by molar-refractivity contribution is 0.0856. The Balaban J connectivity index is 1.52. The fourth-order valence-corrected chi connectivity index (χ4v) is 5.21. The van der Waals surface area contributed by atoms with Crippen LogP contribution in [0.2, 0.25) is 5.02 Å². The summed E-state index contributed by atoms with van der Waals surface area (Å²) in [6.07, 6.45) is 4.39. The largest absolute Gasteiger partial charge is 0.493 e. The molecule has 0 unspecified atom stereocenters. The molecule has 1 aliphatic rings. The maximum Gasteiger partial charge on any atom is 0.216 e. The Morgan fingerprint density at radius 3 is 2.86 bits per heavy atom. The minimum Gasteiger partial charge on any atom is -0.493 e. The highest BCUT2D eigenvalue weighted by Crippen LogP contribution is 2.35. The highest BCUT2D eigenvalue weighted by molar-refractivity contribution is 6.30. The van der Waals surface area contributed by atoms with Gasteiger partial charge in [0, 0.05) is 40.8 Å². The summed E-state index contributed by atoms with van der Waals surface area (Å²) in [5.41, 5.74) is 4.60. The van der Waals surface area contributed by atoms with Crippen molar-refractivity contribution in [2.75, 3.05) is 33.4 Å². The van der Waals surface area contributed by atoms with Gasteiger partial charge in [-0.1, -0.05) is 37.6 Å². The number of carbonyl (C=O) groups is 1. The molecule has 188 valence electrons. The van der Waals surface area contributed by atoms with E-state index in [0.717, 1.165) is 65.1 Å². The summed E-state index contributed by atoms with van der Waals surface area (Å²) in [7, 11) is 1.62. The Morgan fingerprint density at radius 2 is 2.08 bits per heavy atom. The zero-order valence-corrected chi connectivity index (χ0v) is 21.6. The number of halogens is 1. The van der Waals surface area contributed by atoms with Gasteiger partial charge >= 0.3 is 0 Å². The van der Waals surface area contributed by atoms with Crippen LogP contribution in [0.5, 0.6) is 11.6 Å². The minimum atomic E-state index is -0.258. The number of rotatable bonds is 9. The smallest absolute Gasteiger partial charge is 0.216 e. The predicted octanol–water partition coefficient (Wildman–Crippen LogP) is 5.47. The van der Waals surface area contributed by atoms with Crippen molar-refractivity contribution in [1.29, 1.82) is 0 Å². The highest BCUT2D eigenvalue weighted by atomic mass is 35.5. The molecule has 36 heavy (non-hydrogen) atoms. The molecule has 7 nitrogen and oxygen atoms in total. The number of ketones is 1. The number of benzene rings is 2. The molecule has 2 aromatic heterocycles. The van der Waals surface area contributed by atoms with E-state index in [1.165, 1.54) is 0 Å². The fourth-order valence-electron chi connectivity index (χ4n) is 5.02. The van der Waals surface area contributed by atoms with E-state index >= 15 is 0 Å². The number of aromatic nitrogens is 3. The van der Waals surface area contributed by atoms with Crippen molar-refractivity contribution in [3.8, 4) is 22.8 Å². The van der Waals surface area contributed by atoms with Gasteiger partial charge in [-0.3, -0.25) is 4.79 Å². The Kier molecular flexibility index (Phi) is 7.03. The number of fused-ring (bicyclic) bond motifs is 2. The number of hydrogen-bond acceptors (Lipinski definition) is 5. The van der Waals surface area contributed by atoms with Crippen LogP contribution in [-0.4, -0.2) is 58.8 Å². The van der Waals surface area contributed by atoms with Crippen molar-refractivity contribution < 1.29 is 14.3 Å². The van der Waals surface area contributed by atoms with Gasteiger partial charge in [0.1, 0.15) is 5.75 Å². The van der Waals surface area contributed by atoms with E-state index in [4.69, 9.17) is 21.1 Å². The van der Waals surface area contributed by atoms with E-state index in [2.05, 4.69) is 39.6 Å². The number of methoxy groups -OCH3 is 1.